The molecule has 0 aliphatic heterocycles. The first-order valence-electron chi connectivity index (χ1n) is 9.72. The van der Waals surface area contributed by atoms with Crippen molar-refractivity contribution in [3.05, 3.63) is 59.5 Å². The third-order valence-corrected chi connectivity index (χ3v) is 6.95. The Morgan fingerprint density at radius 3 is 2.72 bits per heavy atom. The maximum Gasteiger partial charge on any atom is 0.387 e. The molecule has 2 N–H and O–H groups in total. The molecule has 0 spiro atoms. The van der Waals surface area contributed by atoms with Gasteiger partial charge in [-0.15, -0.1) is 11.3 Å². The van der Waals surface area contributed by atoms with Gasteiger partial charge in [-0.25, -0.2) is 18.1 Å². The van der Waals surface area contributed by atoms with E-state index in [9.17, 15) is 22.0 Å². The van der Waals surface area contributed by atoms with E-state index in [2.05, 4.69) is 19.8 Å². The molecular weight excluding hydrogens is 460 g/mol. The molecule has 1 aromatic heterocycles. The molecule has 168 valence electrons. The first-order valence-corrected chi connectivity index (χ1v) is 12.1. The molecule has 2 aromatic carbocycles. The van der Waals surface area contributed by atoms with Gasteiger partial charge in [0.05, 0.1) is 10.6 Å². The van der Waals surface area contributed by atoms with Crippen LogP contribution in [-0.4, -0.2) is 32.5 Å². The van der Waals surface area contributed by atoms with Crippen molar-refractivity contribution in [1.82, 2.24) is 9.71 Å². The van der Waals surface area contributed by atoms with E-state index in [0.717, 1.165) is 24.2 Å². The molecule has 11 heteroatoms. The third-order valence-electron chi connectivity index (χ3n) is 4.77. The normalized spacial score (nSPS) is 13.8. The molecule has 0 radical (unpaired) electrons. The zero-order valence-electron chi connectivity index (χ0n) is 16.6. The predicted octanol–water partition coefficient (Wildman–Crippen LogP) is 4.35. The molecule has 1 amide bonds. The van der Waals surface area contributed by atoms with E-state index in [1.54, 1.807) is 23.6 Å². The number of sulfonamides is 1. The summed E-state index contributed by atoms with van der Waals surface area (Å²) < 4.78 is 57.3. The smallest absolute Gasteiger partial charge is 0.387 e. The SMILES string of the molecule is O=C(Nc1nc(-c2ccccc2OC(F)F)cs1)c1cccc(S(=O)(=O)NCC2CC2)c1. The minimum absolute atomic E-state index is 0.00343. The maximum atomic E-state index is 12.6. The minimum Gasteiger partial charge on any atom is -0.434 e. The predicted molar refractivity (Wildman–Crippen MR) is 116 cm³/mol. The van der Waals surface area contributed by atoms with Crippen LogP contribution >= 0.6 is 11.3 Å². The first kappa shape index (κ1) is 22.3. The fourth-order valence-electron chi connectivity index (χ4n) is 2.94. The number of alkyl halides is 2. The lowest BCUT2D eigenvalue weighted by Crippen LogP contribution is -2.26. The number of hydrogen-bond acceptors (Lipinski definition) is 6. The van der Waals surface area contributed by atoms with Crippen molar-refractivity contribution < 1.29 is 26.7 Å². The van der Waals surface area contributed by atoms with Crippen LogP contribution < -0.4 is 14.8 Å². The van der Waals surface area contributed by atoms with Gasteiger partial charge < -0.3 is 4.74 Å². The van der Waals surface area contributed by atoms with E-state index < -0.39 is 22.5 Å². The first-order chi connectivity index (χ1) is 15.3. The van der Waals surface area contributed by atoms with Crippen LogP contribution in [0.25, 0.3) is 11.3 Å². The Kier molecular flexibility index (Phi) is 6.49. The number of amides is 1. The number of carbonyl (C=O) groups is 1. The third kappa shape index (κ3) is 5.47. The molecule has 1 saturated carbocycles. The second kappa shape index (κ2) is 9.31. The summed E-state index contributed by atoms with van der Waals surface area (Å²) in [5, 5.41) is 4.45. The maximum absolute atomic E-state index is 12.6. The van der Waals surface area contributed by atoms with Crippen molar-refractivity contribution in [2.75, 3.05) is 11.9 Å². The van der Waals surface area contributed by atoms with Gasteiger partial charge >= 0.3 is 6.61 Å². The summed E-state index contributed by atoms with van der Waals surface area (Å²) in [6.07, 6.45) is 2.03. The van der Waals surface area contributed by atoms with Crippen molar-refractivity contribution >= 4 is 32.4 Å². The summed E-state index contributed by atoms with van der Waals surface area (Å²) >= 11 is 1.11. The van der Waals surface area contributed by atoms with Crippen LogP contribution in [0.15, 0.2) is 58.8 Å². The number of benzene rings is 2. The topological polar surface area (TPSA) is 97.4 Å². The quantitative estimate of drug-likeness (QED) is 0.476. The second-order valence-electron chi connectivity index (χ2n) is 7.19. The lowest BCUT2D eigenvalue weighted by molar-refractivity contribution is -0.0494. The van der Waals surface area contributed by atoms with Gasteiger partial charge in [-0.3, -0.25) is 10.1 Å². The van der Waals surface area contributed by atoms with E-state index >= 15 is 0 Å². The molecule has 3 aromatic rings. The molecule has 7 nitrogen and oxygen atoms in total. The van der Waals surface area contributed by atoms with Gasteiger partial charge in [0.25, 0.3) is 5.91 Å². The van der Waals surface area contributed by atoms with Crippen molar-refractivity contribution in [3.63, 3.8) is 0 Å². The van der Waals surface area contributed by atoms with Gasteiger partial charge in [-0.2, -0.15) is 8.78 Å². The zero-order valence-corrected chi connectivity index (χ0v) is 18.3. The Labute approximate surface area is 187 Å². The number of halogens is 2. The highest BCUT2D eigenvalue weighted by Gasteiger charge is 2.24. The largest absolute Gasteiger partial charge is 0.434 e. The summed E-state index contributed by atoms with van der Waals surface area (Å²) in [5.74, 6) is -0.184. The molecule has 1 heterocycles. The zero-order chi connectivity index (χ0) is 22.7. The van der Waals surface area contributed by atoms with Crippen LogP contribution in [0, 0.1) is 5.92 Å². The van der Waals surface area contributed by atoms with Crippen molar-refractivity contribution in [1.29, 1.82) is 0 Å². The average molecular weight is 480 g/mol. The lowest BCUT2D eigenvalue weighted by Gasteiger charge is -2.08. The van der Waals surface area contributed by atoms with Crippen LogP contribution in [0.3, 0.4) is 0 Å². The highest BCUT2D eigenvalue weighted by atomic mass is 32.2. The van der Waals surface area contributed by atoms with Gasteiger partial charge in [0, 0.05) is 23.1 Å². The Morgan fingerprint density at radius 2 is 1.97 bits per heavy atom. The molecule has 1 fully saturated rings. The Bertz CT molecular complexity index is 1230. The molecule has 0 bridgehead atoms. The molecule has 0 atom stereocenters. The van der Waals surface area contributed by atoms with Crippen molar-refractivity contribution in [2.24, 2.45) is 5.92 Å². The van der Waals surface area contributed by atoms with E-state index in [1.165, 1.54) is 30.3 Å². The Hall–Kier alpha value is -2.89. The van der Waals surface area contributed by atoms with E-state index in [4.69, 9.17) is 0 Å². The monoisotopic (exact) mass is 479 g/mol. The number of rotatable bonds is 9. The molecule has 4 rings (SSSR count). The van der Waals surface area contributed by atoms with E-state index in [0.29, 0.717) is 23.7 Å². The fraction of sp³-hybridized carbons (Fsp3) is 0.238. The van der Waals surface area contributed by atoms with Crippen molar-refractivity contribution in [3.8, 4) is 17.0 Å². The molecule has 1 aliphatic carbocycles. The van der Waals surface area contributed by atoms with Gasteiger partial charge in [-0.05, 0) is 49.1 Å². The number of hydrogen-bond donors (Lipinski definition) is 2. The van der Waals surface area contributed by atoms with Gasteiger partial charge in [0.2, 0.25) is 10.0 Å². The van der Waals surface area contributed by atoms with Crippen molar-refractivity contribution in [2.45, 2.75) is 24.3 Å². The lowest BCUT2D eigenvalue weighted by atomic mass is 10.1. The van der Waals surface area contributed by atoms with Crippen LogP contribution in [0.5, 0.6) is 5.75 Å². The Morgan fingerprint density at radius 1 is 1.19 bits per heavy atom. The molecular formula is C21H19F2N3O4S2. The van der Waals surface area contributed by atoms with Gasteiger partial charge in [-0.1, -0.05) is 18.2 Å². The second-order valence-corrected chi connectivity index (χ2v) is 9.81. The number of anilines is 1. The Balaban J connectivity index is 1.48. The minimum atomic E-state index is -3.71. The van der Waals surface area contributed by atoms with Gasteiger partial charge in [0.15, 0.2) is 5.13 Å². The number of nitrogens with one attached hydrogen (secondary N) is 2. The standard InChI is InChI=1S/C21H19F2N3O4S2/c22-20(23)30-18-7-2-1-6-16(18)17-12-31-21(25-17)26-19(27)14-4-3-5-15(10-14)32(28,29)24-11-13-8-9-13/h1-7,10,12-13,20,24H,8-9,11H2,(H,25,26,27). The summed E-state index contributed by atoms with van der Waals surface area (Å²) in [4.78, 5) is 16.9. The summed E-state index contributed by atoms with van der Waals surface area (Å²) in [7, 11) is -3.71. The molecule has 32 heavy (non-hydrogen) atoms. The number of para-hydroxylation sites is 1. The summed E-state index contributed by atoms with van der Waals surface area (Å²) in [6, 6.07) is 11.9. The van der Waals surface area contributed by atoms with Crippen LogP contribution in [0.4, 0.5) is 13.9 Å². The summed E-state index contributed by atoms with van der Waals surface area (Å²) in [5.41, 5.74) is 0.874. The van der Waals surface area contributed by atoms with Crippen LogP contribution in [-0.2, 0) is 10.0 Å². The fourth-order valence-corrected chi connectivity index (χ4v) is 4.81. The number of thiazole rings is 1. The molecule has 1 aliphatic rings. The number of nitrogens with zero attached hydrogens (tertiary/aromatic N) is 1. The van der Waals surface area contributed by atoms with Crippen LogP contribution in [0.2, 0.25) is 0 Å². The molecule has 0 unspecified atom stereocenters. The van der Waals surface area contributed by atoms with E-state index in [-0.39, 0.29) is 21.3 Å². The molecule has 0 saturated heterocycles. The highest BCUT2D eigenvalue weighted by molar-refractivity contribution is 7.89. The van der Waals surface area contributed by atoms with Crippen LogP contribution in [0.1, 0.15) is 23.2 Å². The summed E-state index contributed by atoms with van der Waals surface area (Å²) in [6.45, 7) is -2.59. The average Bonchev–Trinajstić information content (AvgIpc) is 3.50. The number of aromatic nitrogens is 1. The van der Waals surface area contributed by atoms with E-state index in [1.807, 2.05) is 0 Å². The highest BCUT2D eigenvalue weighted by Crippen LogP contribution is 2.33. The number of carbonyl (C=O) groups excluding carboxylic acids is 1. The number of ether oxygens (including phenoxy) is 1. The van der Waals surface area contributed by atoms with Gasteiger partial charge in [0.1, 0.15) is 5.75 Å².